The van der Waals surface area contributed by atoms with Gasteiger partial charge in [-0.1, -0.05) is 12.8 Å². The molecule has 0 aromatic heterocycles. The summed E-state index contributed by atoms with van der Waals surface area (Å²) in [6.07, 6.45) is 4.63. The second-order valence-corrected chi connectivity index (χ2v) is 5.08. The maximum Gasteiger partial charge on any atom is 0.239 e. The lowest BCUT2D eigenvalue weighted by Crippen LogP contribution is -2.52. The van der Waals surface area contributed by atoms with Crippen LogP contribution in [0.3, 0.4) is 0 Å². The van der Waals surface area contributed by atoms with E-state index in [1.807, 2.05) is 14.1 Å². The summed E-state index contributed by atoms with van der Waals surface area (Å²) in [6.45, 7) is 0.547. The van der Waals surface area contributed by atoms with Crippen LogP contribution in [0.15, 0.2) is 0 Å². The molecule has 104 valence electrons. The van der Waals surface area contributed by atoms with Gasteiger partial charge in [0.1, 0.15) is 0 Å². The van der Waals surface area contributed by atoms with Crippen molar-refractivity contribution in [1.29, 1.82) is 0 Å². The minimum atomic E-state index is -0.312. The Morgan fingerprint density at radius 2 is 1.78 bits per heavy atom. The Morgan fingerprint density at radius 3 is 2.28 bits per heavy atom. The SMILES string of the molecule is CN(C)C1(CNC(=O)CNC(=O)CN)CCCC1. The van der Waals surface area contributed by atoms with Crippen molar-refractivity contribution in [2.24, 2.45) is 5.73 Å². The molecule has 1 rings (SSSR count). The quantitative estimate of drug-likeness (QED) is 0.572. The fraction of sp³-hybridized carbons (Fsp3) is 0.833. The summed E-state index contributed by atoms with van der Waals surface area (Å²) in [5.41, 5.74) is 5.22. The summed E-state index contributed by atoms with van der Waals surface area (Å²) in [5, 5.41) is 5.35. The van der Waals surface area contributed by atoms with Crippen LogP contribution >= 0.6 is 0 Å². The van der Waals surface area contributed by atoms with Crippen molar-refractivity contribution in [1.82, 2.24) is 15.5 Å². The highest BCUT2D eigenvalue weighted by Crippen LogP contribution is 2.32. The molecule has 6 nitrogen and oxygen atoms in total. The van der Waals surface area contributed by atoms with Crippen molar-refractivity contribution in [2.75, 3.05) is 33.7 Å². The first-order valence-corrected chi connectivity index (χ1v) is 6.41. The third kappa shape index (κ3) is 3.96. The van der Waals surface area contributed by atoms with Crippen molar-refractivity contribution in [3.63, 3.8) is 0 Å². The number of carbonyl (C=O) groups excluding carboxylic acids is 2. The minimum absolute atomic E-state index is 0.000454. The number of carbonyl (C=O) groups is 2. The molecule has 0 radical (unpaired) electrons. The number of hydrogen-bond donors (Lipinski definition) is 3. The van der Waals surface area contributed by atoms with Crippen LogP contribution in [0.4, 0.5) is 0 Å². The van der Waals surface area contributed by atoms with Gasteiger partial charge in [0, 0.05) is 12.1 Å². The van der Waals surface area contributed by atoms with Crippen LogP contribution in [0.5, 0.6) is 0 Å². The third-order valence-corrected chi connectivity index (χ3v) is 3.73. The molecule has 0 bridgehead atoms. The highest BCUT2D eigenvalue weighted by Gasteiger charge is 2.35. The van der Waals surface area contributed by atoms with Crippen molar-refractivity contribution in [2.45, 2.75) is 31.2 Å². The standard InChI is InChI=1S/C12H24N4O2/c1-16(2)12(5-3-4-6-12)9-15-11(18)8-14-10(17)7-13/h3-9,13H2,1-2H3,(H,14,17)(H,15,18). The van der Waals surface area contributed by atoms with Gasteiger partial charge in [0.2, 0.25) is 11.8 Å². The van der Waals surface area contributed by atoms with Gasteiger partial charge in [0.05, 0.1) is 13.1 Å². The fourth-order valence-corrected chi connectivity index (χ4v) is 2.39. The zero-order valence-electron chi connectivity index (χ0n) is 11.3. The van der Waals surface area contributed by atoms with Crippen LogP contribution in [0, 0.1) is 0 Å². The van der Waals surface area contributed by atoms with Gasteiger partial charge < -0.3 is 21.3 Å². The van der Waals surface area contributed by atoms with Crippen LogP contribution in [0.2, 0.25) is 0 Å². The van der Waals surface area contributed by atoms with Crippen LogP contribution in [0.25, 0.3) is 0 Å². The van der Waals surface area contributed by atoms with Gasteiger partial charge in [-0.3, -0.25) is 9.59 Å². The lowest BCUT2D eigenvalue weighted by Gasteiger charge is -2.36. The van der Waals surface area contributed by atoms with Gasteiger partial charge in [-0.15, -0.1) is 0 Å². The first-order chi connectivity index (χ1) is 8.50. The maximum atomic E-state index is 11.6. The molecule has 0 aromatic rings. The summed E-state index contributed by atoms with van der Waals surface area (Å²) in [5.74, 6) is -0.474. The molecule has 2 amide bonds. The number of nitrogens with zero attached hydrogens (tertiary/aromatic N) is 1. The predicted octanol–water partition coefficient (Wildman–Crippen LogP) is -0.948. The summed E-state index contributed by atoms with van der Waals surface area (Å²) in [4.78, 5) is 24.7. The summed E-state index contributed by atoms with van der Waals surface area (Å²) < 4.78 is 0. The molecule has 1 saturated carbocycles. The number of likely N-dealkylation sites (N-methyl/N-ethyl adjacent to an activating group) is 1. The molecule has 1 aliphatic rings. The Hall–Kier alpha value is -1.14. The van der Waals surface area contributed by atoms with Crippen molar-refractivity contribution in [3.05, 3.63) is 0 Å². The minimum Gasteiger partial charge on any atom is -0.353 e. The Morgan fingerprint density at radius 1 is 1.17 bits per heavy atom. The van der Waals surface area contributed by atoms with E-state index < -0.39 is 0 Å². The van der Waals surface area contributed by atoms with E-state index in [0.717, 1.165) is 12.8 Å². The van der Waals surface area contributed by atoms with E-state index in [0.29, 0.717) is 6.54 Å². The highest BCUT2D eigenvalue weighted by atomic mass is 16.2. The molecular formula is C12H24N4O2. The van der Waals surface area contributed by atoms with E-state index in [-0.39, 0.29) is 30.4 Å². The van der Waals surface area contributed by atoms with Gasteiger partial charge >= 0.3 is 0 Å². The maximum absolute atomic E-state index is 11.6. The van der Waals surface area contributed by atoms with Crippen LogP contribution in [0.1, 0.15) is 25.7 Å². The fourth-order valence-electron chi connectivity index (χ4n) is 2.39. The summed E-state index contributed by atoms with van der Waals surface area (Å²) in [7, 11) is 4.10. The molecule has 1 fully saturated rings. The summed E-state index contributed by atoms with van der Waals surface area (Å²) >= 11 is 0. The first kappa shape index (κ1) is 14.9. The van der Waals surface area contributed by atoms with Gasteiger partial charge in [0.15, 0.2) is 0 Å². The van der Waals surface area contributed by atoms with E-state index >= 15 is 0 Å². The summed E-state index contributed by atoms with van der Waals surface area (Å²) in [6, 6.07) is 0. The molecule has 0 aromatic carbocycles. The molecule has 0 unspecified atom stereocenters. The van der Waals surface area contributed by atoms with Crippen LogP contribution in [-0.2, 0) is 9.59 Å². The van der Waals surface area contributed by atoms with E-state index in [1.165, 1.54) is 12.8 Å². The lowest BCUT2D eigenvalue weighted by atomic mass is 9.96. The molecule has 0 spiro atoms. The Labute approximate surface area is 108 Å². The lowest BCUT2D eigenvalue weighted by molar-refractivity contribution is -0.125. The van der Waals surface area contributed by atoms with E-state index in [1.54, 1.807) is 0 Å². The van der Waals surface area contributed by atoms with Crippen molar-refractivity contribution >= 4 is 11.8 Å². The van der Waals surface area contributed by atoms with Crippen LogP contribution in [-0.4, -0.2) is 56.0 Å². The van der Waals surface area contributed by atoms with Crippen molar-refractivity contribution in [3.8, 4) is 0 Å². The first-order valence-electron chi connectivity index (χ1n) is 6.41. The third-order valence-electron chi connectivity index (χ3n) is 3.73. The van der Waals surface area contributed by atoms with Gasteiger partial charge in [-0.2, -0.15) is 0 Å². The average Bonchev–Trinajstić information content (AvgIpc) is 2.83. The van der Waals surface area contributed by atoms with Crippen molar-refractivity contribution < 1.29 is 9.59 Å². The van der Waals surface area contributed by atoms with E-state index in [9.17, 15) is 9.59 Å². The molecule has 0 saturated heterocycles. The van der Waals surface area contributed by atoms with E-state index in [2.05, 4.69) is 15.5 Å². The monoisotopic (exact) mass is 256 g/mol. The van der Waals surface area contributed by atoms with Gasteiger partial charge in [-0.25, -0.2) is 0 Å². The molecule has 1 aliphatic carbocycles. The Bertz CT molecular complexity index is 298. The molecular weight excluding hydrogens is 232 g/mol. The Balaban J connectivity index is 2.34. The zero-order chi connectivity index (χ0) is 13.6. The van der Waals surface area contributed by atoms with Gasteiger partial charge in [0.25, 0.3) is 0 Å². The molecule has 6 heteroatoms. The van der Waals surface area contributed by atoms with Crippen LogP contribution < -0.4 is 16.4 Å². The number of nitrogens with two attached hydrogens (primary N) is 1. The molecule has 18 heavy (non-hydrogen) atoms. The second kappa shape index (κ2) is 6.70. The molecule has 0 heterocycles. The molecule has 0 atom stereocenters. The number of hydrogen-bond acceptors (Lipinski definition) is 4. The number of rotatable bonds is 6. The van der Waals surface area contributed by atoms with Gasteiger partial charge in [-0.05, 0) is 26.9 Å². The molecule has 4 N–H and O–H groups in total. The smallest absolute Gasteiger partial charge is 0.239 e. The zero-order valence-corrected chi connectivity index (χ0v) is 11.3. The number of nitrogens with one attached hydrogen (secondary N) is 2. The number of amides is 2. The molecule has 0 aliphatic heterocycles. The largest absolute Gasteiger partial charge is 0.353 e. The second-order valence-electron chi connectivity index (χ2n) is 5.08. The Kier molecular flexibility index (Phi) is 5.55. The predicted molar refractivity (Wildman–Crippen MR) is 70.0 cm³/mol. The van der Waals surface area contributed by atoms with E-state index in [4.69, 9.17) is 5.73 Å². The normalized spacial score (nSPS) is 17.8. The topological polar surface area (TPSA) is 87.5 Å². The highest BCUT2D eigenvalue weighted by molar-refractivity contribution is 5.85. The average molecular weight is 256 g/mol.